The van der Waals surface area contributed by atoms with Gasteiger partial charge in [0.05, 0.1) is 12.1 Å². The van der Waals surface area contributed by atoms with E-state index in [1.165, 1.54) is 22.6 Å². The molecule has 0 spiro atoms. The molecule has 1 aliphatic heterocycles. The third-order valence-corrected chi connectivity index (χ3v) is 4.36. The standard InChI is InChI=1S/C18H16FN3O2/c19-13-5-3-4-12(8-13)15-9-14(23)11-22(15)17-10-18(24)21-7-2-1-6-16(21)20-17/h1-8,10,14-15,23H,9,11H2/t14-,15-/m1/s1. The number of halogens is 1. The van der Waals surface area contributed by atoms with E-state index in [0.717, 1.165) is 5.56 Å². The van der Waals surface area contributed by atoms with E-state index in [9.17, 15) is 14.3 Å². The zero-order chi connectivity index (χ0) is 16.7. The molecule has 3 aromatic rings. The molecule has 6 heteroatoms. The topological polar surface area (TPSA) is 57.8 Å². The lowest BCUT2D eigenvalue weighted by atomic mass is 10.0. The molecule has 0 amide bonds. The van der Waals surface area contributed by atoms with Crippen LogP contribution in [0, 0.1) is 5.82 Å². The van der Waals surface area contributed by atoms with Crippen LogP contribution in [0.25, 0.3) is 5.65 Å². The number of β-amino-alcohol motifs (C(OH)–C–C–N with tert-alkyl or cyclic N) is 1. The van der Waals surface area contributed by atoms with Crippen molar-refractivity contribution in [1.82, 2.24) is 9.38 Å². The van der Waals surface area contributed by atoms with Gasteiger partial charge >= 0.3 is 0 Å². The second-order valence-electron chi connectivity index (χ2n) is 5.99. The Balaban J connectivity index is 1.80. The average Bonchev–Trinajstić information content (AvgIpc) is 2.97. The van der Waals surface area contributed by atoms with Gasteiger partial charge in [-0.3, -0.25) is 9.20 Å². The Morgan fingerprint density at radius 2 is 2.04 bits per heavy atom. The first kappa shape index (κ1) is 14.8. The van der Waals surface area contributed by atoms with Gasteiger partial charge in [-0.1, -0.05) is 18.2 Å². The van der Waals surface area contributed by atoms with Crippen molar-refractivity contribution in [3.05, 3.63) is 76.5 Å². The summed E-state index contributed by atoms with van der Waals surface area (Å²) >= 11 is 0. The molecule has 1 aromatic carbocycles. The number of aromatic nitrogens is 2. The van der Waals surface area contributed by atoms with Gasteiger partial charge in [-0.2, -0.15) is 0 Å². The molecule has 2 aromatic heterocycles. The van der Waals surface area contributed by atoms with E-state index in [2.05, 4.69) is 4.98 Å². The van der Waals surface area contributed by atoms with Gasteiger partial charge in [0.25, 0.3) is 5.56 Å². The van der Waals surface area contributed by atoms with E-state index >= 15 is 0 Å². The quantitative estimate of drug-likeness (QED) is 0.784. The monoisotopic (exact) mass is 325 g/mol. The first-order valence-corrected chi connectivity index (χ1v) is 7.80. The number of anilines is 1. The first-order chi connectivity index (χ1) is 11.6. The average molecular weight is 325 g/mol. The number of aliphatic hydroxyl groups is 1. The van der Waals surface area contributed by atoms with Gasteiger partial charge in [-0.15, -0.1) is 0 Å². The minimum Gasteiger partial charge on any atom is -0.391 e. The van der Waals surface area contributed by atoms with Gasteiger partial charge in [0.15, 0.2) is 0 Å². The molecule has 1 aliphatic rings. The molecular weight excluding hydrogens is 309 g/mol. The van der Waals surface area contributed by atoms with E-state index in [4.69, 9.17) is 0 Å². The molecular formula is C18H16FN3O2. The van der Waals surface area contributed by atoms with Crippen molar-refractivity contribution in [2.75, 3.05) is 11.4 Å². The smallest absolute Gasteiger partial charge is 0.259 e. The highest BCUT2D eigenvalue weighted by atomic mass is 19.1. The van der Waals surface area contributed by atoms with Crippen molar-refractivity contribution in [2.24, 2.45) is 0 Å². The summed E-state index contributed by atoms with van der Waals surface area (Å²) < 4.78 is 15.0. The van der Waals surface area contributed by atoms with Crippen LogP contribution in [0.5, 0.6) is 0 Å². The number of fused-ring (bicyclic) bond motifs is 1. The van der Waals surface area contributed by atoms with Crippen molar-refractivity contribution in [3.8, 4) is 0 Å². The molecule has 24 heavy (non-hydrogen) atoms. The Hall–Kier alpha value is -2.73. The van der Waals surface area contributed by atoms with Crippen molar-refractivity contribution in [3.63, 3.8) is 0 Å². The number of aliphatic hydroxyl groups excluding tert-OH is 1. The fraction of sp³-hybridized carbons (Fsp3) is 0.222. The molecule has 122 valence electrons. The Bertz CT molecular complexity index is 956. The van der Waals surface area contributed by atoms with E-state index < -0.39 is 6.10 Å². The van der Waals surface area contributed by atoms with Gasteiger partial charge in [0.1, 0.15) is 17.3 Å². The van der Waals surface area contributed by atoms with Crippen LogP contribution in [-0.4, -0.2) is 27.1 Å². The van der Waals surface area contributed by atoms with Gasteiger partial charge in [0, 0.05) is 18.8 Å². The highest BCUT2D eigenvalue weighted by molar-refractivity contribution is 5.51. The lowest BCUT2D eigenvalue weighted by molar-refractivity contribution is 0.194. The lowest BCUT2D eigenvalue weighted by Gasteiger charge is -2.25. The van der Waals surface area contributed by atoms with Crippen molar-refractivity contribution in [1.29, 1.82) is 0 Å². The summed E-state index contributed by atoms with van der Waals surface area (Å²) in [5.41, 5.74) is 1.12. The second kappa shape index (κ2) is 5.72. The summed E-state index contributed by atoms with van der Waals surface area (Å²) in [6, 6.07) is 12.9. The summed E-state index contributed by atoms with van der Waals surface area (Å²) in [5.74, 6) is 0.178. The molecule has 0 saturated carbocycles. The zero-order valence-corrected chi connectivity index (χ0v) is 12.8. The number of hydrogen-bond acceptors (Lipinski definition) is 4. The molecule has 4 rings (SSSR count). The predicted molar refractivity (Wildman–Crippen MR) is 88.6 cm³/mol. The summed E-state index contributed by atoms with van der Waals surface area (Å²) in [4.78, 5) is 18.7. The third kappa shape index (κ3) is 2.55. The number of rotatable bonds is 2. The highest BCUT2D eigenvalue weighted by Crippen LogP contribution is 2.35. The van der Waals surface area contributed by atoms with E-state index in [1.807, 2.05) is 17.0 Å². The predicted octanol–water partition coefficient (Wildman–Crippen LogP) is 2.15. The van der Waals surface area contributed by atoms with Crippen LogP contribution in [0.3, 0.4) is 0 Å². The van der Waals surface area contributed by atoms with Crippen molar-refractivity contribution in [2.45, 2.75) is 18.6 Å². The number of nitrogens with zero attached hydrogens (tertiary/aromatic N) is 3. The minimum atomic E-state index is -0.547. The SMILES string of the molecule is O=c1cc(N2C[C@H](O)C[C@@H]2c2cccc(F)c2)nc2ccccn12. The lowest BCUT2D eigenvalue weighted by Crippen LogP contribution is -2.27. The van der Waals surface area contributed by atoms with Crippen LogP contribution in [-0.2, 0) is 0 Å². The zero-order valence-electron chi connectivity index (χ0n) is 12.8. The summed E-state index contributed by atoms with van der Waals surface area (Å²) in [6.07, 6.45) is 1.59. The van der Waals surface area contributed by atoms with Crippen LogP contribution < -0.4 is 10.5 Å². The maximum absolute atomic E-state index is 13.6. The van der Waals surface area contributed by atoms with Crippen LogP contribution >= 0.6 is 0 Å². The molecule has 1 fully saturated rings. The van der Waals surface area contributed by atoms with Crippen LogP contribution in [0.2, 0.25) is 0 Å². The third-order valence-electron chi connectivity index (χ3n) is 4.36. The Labute approximate surface area is 137 Å². The van der Waals surface area contributed by atoms with Gasteiger partial charge in [0.2, 0.25) is 0 Å². The van der Waals surface area contributed by atoms with Crippen molar-refractivity contribution < 1.29 is 9.50 Å². The highest BCUT2D eigenvalue weighted by Gasteiger charge is 2.33. The maximum atomic E-state index is 13.6. The van der Waals surface area contributed by atoms with Crippen LogP contribution in [0.15, 0.2) is 59.5 Å². The Morgan fingerprint density at radius 1 is 1.17 bits per heavy atom. The largest absolute Gasteiger partial charge is 0.391 e. The Kier molecular flexibility index (Phi) is 3.54. The molecule has 0 bridgehead atoms. The number of hydrogen-bond donors (Lipinski definition) is 1. The molecule has 2 atom stereocenters. The van der Waals surface area contributed by atoms with Gasteiger partial charge < -0.3 is 10.0 Å². The van der Waals surface area contributed by atoms with Gasteiger partial charge in [-0.05, 0) is 36.2 Å². The summed E-state index contributed by atoms with van der Waals surface area (Å²) in [7, 11) is 0. The van der Waals surface area contributed by atoms with Crippen LogP contribution in [0.4, 0.5) is 10.2 Å². The van der Waals surface area contributed by atoms with Gasteiger partial charge in [-0.25, -0.2) is 9.37 Å². The molecule has 1 saturated heterocycles. The number of pyridine rings is 1. The van der Waals surface area contributed by atoms with Crippen LogP contribution in [0.1, 0.15) is 18.0 Å². The molecule has 1 N–H and O–H groups in total. The Morgan fingerprint density at radius 3 is 2.88 bits per heavy atom. The van der Waals surface area contributed by atoms with E-state index in [-0.39, 0.29) is 17.4 Å². The minimum absolute atomic E-state index is 0.185. The molecule has 3 heterocycles. The molecule has 0 aliphatic carbocycles. The van der Waals surface area contributed by atoms with E-state index in [1.54, 1.807) is 24.4 Å². The normalized spacial score (nSPS) is 20.7. The summed E-state index contributed by atoms with van der Waals surface area (Å²) in [6.45, 7) is 0.358. The summed E-state index contributed by atoms with van der Waals surface area (Å²) in [5, 5.41) is 10.1. The fourth-order valence-electron chi connectivity index (χ4n) is 3.29. The number of benzene rings is 1. The molecule has 5 nitrogen and oxygen atoms in total. The maximum Gasteiger partial charge on any atom is 0.259 e. The van der Waals surface area contributed by atoms with Crippen molar-refractivity contribution >= 4 is 11.5 Å². The second-order valence-corrected chi connectivity index (χ2v) is 5.99. The fourth-order valence-corrected chi connectivity index (χ4v) is 3.29. The van der Waals surface area contributed by atoms with E-state index in [0.29, 0.717) is 24.4 Å². The molecule has 0 radical (unpaired) electrons. The first-order valence-electron chi connectivity index (χ1n) is 7.80. The molecule has 0 unspecified atom stereocenters.